The fourth-order valence-corrected chi connectivity index (χ4v) is 1.24. The first-order valence-electron chi connectivity index (χ1n) is 6.89. The van der Waals surface area contributed by atoms with E-state index in [0.29, 0.717) is 12.2 Å². The predicted molar refractivity (Wildman–Crippen MR) is 86.4 cm³/mol. The summed E-state index contributed by atoms with van der Waals surface area (Å²) in [6.07, 6.45) is -0.0987. The zero-order chi connectivity index (χ0) is 17.8. The van der Waals surface area contributed by atoms with Crippen LogP contribution in [0.2, 0.25) is 0 Å². The number of aliphatic hydroxyl groups is 1. The highest BCUT2D eigenvalue weighted by molar-refractivity contribution is 5.85. The number of para-hydroxylation sites is 1. The summed E-state index contributed by atoms with van der Waals surface area (Å²) in [5, 5.41) is 26.1. The number of aliphatic carboxylic acids is 2. The summed E-state index contributed by atoms with van der Waals surface area (Å²) in [6, 6.07) is 9.15. The molecule has 3 N–H and O–H groups in total. The van der Waals surface area contributed by atoms with Crippen molar-refractivity contribution < 1.29 is 29.6 Å². The Hall–Kier alpha value is -2.60. The zero-order valence-electron chi connectivity index (χ0n) is 13.1. The second-order valence-corrected chi connectivity index (χ2v) is 4.81. The molecular weight excluding hydrogens is 300 g/mol. The molecule has 0 aromatic heterocycles. The summed E-state index contributed by atoms with van der Waals surface area (Å²) in [6.45, 7) is 8.14. The smallest absolute Gasteiger partial charge is 0.330 e. The normalized spacial score (nSPS) is 10.7. The van der Waals surface area contributed by atoms with Gasteiger partial charge in [-0.3, -0.25) is 0 Å². The molecule has 0 aliphatic carbocycles. The lowest BCUT2D eigenvalue weighted by Gasteiger charge is -2.12. The van der Waals surface area contributed by atoms with E-state index >= 15 is 0 Å². The van der Waals surface area contributed by atoms with Gasteiger partial charge in [-0.05, 0) is 31.9 Å². The maximum Gasteiger partial charge on any atom is 0.330 e. The SMILES string of the molecule is C=C(C)C(=O)O.C=C(CCC(O)COc1ccccc1)C(=O)O. The number of ether oxygens (including phenoxy) is 1. The molecule has 1 atom stereocenters. The minimum Gasteiger partial charge on any atom is -0.491 e. The van der Waals surface area contributed by atoms with Crippen LogP contribution in [0.4, 0.5) is 0 Å². The van der Waals surface area contributed by atoms with Gasteiger partial charge in [0, 0.05) is 11.1 Å². The molecule has 0 fully saturated rings. The van der Waals surface area contributed by atoms with Crippen LogP contribution in [0, 0.1) is 0 Å². The molecule has 0 spiro atoms. The van der Waals surface area contributed by atoms with E-state index in [1.165, 1.54) is 6.92 Å². The van der Waals surface area contributed by atoms with Gasteiger partial charge in [0.05, 0.1) is 6.10 Å². The van der Waals surface area contributed by atoms with Crippen LogP contribution in [0.5, 0.6) is 5.75 Å². The predicted octanol–water partition coefficient (Wildman–Crippen LogP) is 2.49. The molecule has 1 unspecified atom stereocenters. The Morgan fingerprint density at radius 2 is 1.65 bits per heavy atom. The number of hydrogen-bond donors (Lipinski definition) is 3. The fraction of sp³-hybridized carbons (Fsp3) is 0.294. The molecule has 0 heterocycles. The maximum absolute atomic E-state index is 10.5. The van der Waals surface area contributed by atoms with Crippen LogP contribution in [0.1, 0.15) is 19.8 Å². The number of benzene rings is 1. The lowest BCUT2D eigenvalue weighted by Crippen LogP contribution is -2.18. The monoisotopic (exact) mass is 322 g/mol. The van der Waals surface area contributed by atoms with Gasteiger partial charge in [0.1, 0.15) is 12.4 Å². The van der Waals surface area contributed by atoms with Crippen LogP contribution in [0.3, 0.4) is 0 Å². The highest BCUT2D eigenvalue weighted by atomic mass is 16.5. The third-order valence-electron chi connectivity index (χ3n) is 2.63. The minimum atomic E-state index is -1.03. The number of hydrogen-bond acceptors (Lipinski definition) is 4. The Balaban J connectivity index is 0.000000688. The van der Waals surface area contributed by atoms with E-state index in [1.54, 1.807) is 12.1 Å². The maximum atomic E-state index is 10.5. The molecule has 0 saturated carbocycles. The summed E-state index contributed by atoms with van der Waals surface area (Å²) in [5.41, 5.74) is 0.277. The number of aliphatic hydroxyl groups excluding tert-OH is 1. The molecule has 0 radical (unpaired) electrons. The van der Waals surface area contributed by atoms with Crippen molar-refractivity contribution >= 4 is 11.9 Å². The van der Waals surface area contributed by atoms with Gasteiger partial charge in [0.25, 0.3) is 0 Å². The first kappa shape index (κ1) is 20.4. The van der Waals surface area contributed by atoms with E-state index in [2.05, 4.69) is 13.2 Å². The number of carbonyl (C=O) groups is 2. The Labute approximate surface area is 135 Å². The Morgan fingerprint density at radius 3 is 2.09 bits per heavy atom. The lowest BCUT2D eigenvalue weighted by molar-refractivity contribution is -0.133. The molecule has 0 saturated heterocycles. The Kier molecular flexibility index (Phi) is 9.78. The first-order chi connectivity index (χ1) is 10.7. The van der Waals surface area contributed by atoms with Gasteiger partial charge in [-0.2, -0.15) is 0 Å². The van der Waals surface area contributed by atoms with E-state index < -0.39 is 18.0 Å². The Morgan fingerprint density at radius 1 is 1.13 bits per heavy atom. The first-order valence-corrected chi connectivity index (χ1v) is 6.89. The second kappa shape index (κ2) is 11.0. The zero-order valence-corrected chi connectivity index (χ0v) is 13.1. The van der Waals surface area contributed by atoms with E-state index in [0.717, 1.165) is 0 Å². The highest BCUT2D eigenvalue weighted by Crippen LogP contribution is 2.11. The molecule has 0 aliphatic heterocycles. The molecule has 1 rings (SSSR count). The van der Waals surface area contributed by atoms with E-state index in [9.17, 15) is 14.7 Å². The fourth-order valence-electron chi connectivity index (χ4n) is 1.24. The summed E-state index contributed by atoms with van der Waals surface area (Å²) in [4.78, 5) is 20.1. The van der Waals surface area contributed by atoms with Crippen LogP contribution >= 0.6 is 0 Å². The highest BCUT2D eigenvalue weighted by Gasteiger charge is 2.09. The molecule has 6 nitrogen and oxygen atoms in total. The van der Waals surface area contributed by atoms with Crippen molar-refractivity contribution in [2.75, 3.05) is 6.61 Å². The van der Waals surface area contributed by atoms with E-state index in [-0.39, 0.29) is 24.2 Å². The van der Waals surface area contributed by atoms with E-state index in [1.807, 2.05) is 18.2 Å². The van der Waals surface area contributed by atoms with Crippen molar-refractivity contribution in [1.82, 2.24) is 0 Å². The summed E-state index contributed by atoms with van der Waals surface area (Å²) in [5.74, 6) is -1.28. The second-order valence-electron chi connectivity index (χ2n) is 4.81. The average Bonchev–Trinajstić information content (AvgIpc) is 2.51. The van der Waals surface area contributed by atoms with Gasteiger partial charge < -0.3 is 20.1 Å². The van der Waals surface area contributed by atoms with Crippen molar-refractivity contribution in [3.8, 4) is 5.75 Å². The third kappa shape index (κ3) is 10.7. The largest absolute Gasteiger partial charge is 0.491 e. The van der Waals surface area contributed by atoms with Crippen LogP contribution < -0.4 is 4.74 Å². The van der Waals surface area contributed by atoms with Gasteiger partial charge >= 0.3 is 11.9 Å². The van der Waals surface area contributed by atoms with Gasteiger partial charge in [-0.15, -0.1) is 0 Å². The van der Waals surface area contributed by atoms with Crippen molar-refractivity contribution in [1.29, 1.82) is 0 Å². The molecule has 23 heavy (non-hydrogen) atoms. The lowest BCUT2D eigenvalue weighted by atomic mass is 10.1. The van der Waals surface area contributed by atoms with Gasteiger partial charge in [0.2, 0.25) is 0 Å². The van der Waals surface area contributed by atoms with Crippen molar-refractivity contribution in [2.24, 2.45) is 0 Å². The van der Waals surface area contributed by atoms with Crippen LogP contribution in [-0.4, -0.2) is 40.0 Å². The van der Waals surface area contributed by atoms with Crippen LogP contribution in [0.15, 0.2) is 54.6 Å². The molecule has 126 valence electrons. The van der Waals surface area contributed by atoms with Gasteiger partial charge in [-0.1, -0.05) is 31.4 Å². The third-order valence-corrected chi connectivity index (χ3v) is 2.63. The molecule has 1 aromatic carbocycles. The number of rotatable bonds is 8. The standard InChI is InChI=1S/C13H16O4.C4H6O2/c1-10(13(15)16)7-8-11(14)9-17-12-5-3-2-4-6-12;1-3(2)4(5)6/h2-6,11,14H,1,7-9H2,(H,15,16);1H2,2H3,(H,5,6). The van der Waals surface area contributed by atoms with Gasteiger partial charge in [0.15, 0.2) is 0 Å². The van der Waals surface area contributed by atoms with E-state index in [4.69, 9.17) is 14.9 Å². The van der Waals surface area contributed by atoms with Crippen molar-refractivity contribution in [3.63, 3.8) is 0 Å². The summed E-state index contributed by atoms with van der Waals surface area (Å²) < 4.78 is 5.33. The van der Waals surface area contributed by atoms with Crippen molar-refractivity contribution in [3.05, 3.63) is 54.6 Å². The average molecular weight is 322 g/mol. The summed E-state index contributed by atoms with van der Waals surface area (Å²) in [7, 11) is 0. The molecule has 0 aliphatic rings. The molecule has 6 heteroatoms. The quantitative estimate of drug-likeness (QED) is 0.635. The minimum absolute atomic E-state index is 0.101. The topological polar surface area (TPSA) is 104 Å². The van der Waals surface area contributed by atoms with Crippen LogP contribution in [0.25, 0.3) is 0 Å². The Bertz CT molecular complexity index is 523. The molecule has 0 amide bonds. The van der Waals surface area contributed by atoms with Crippen LogP contribution in [-0.2, 0) is 9.59 Å². The molecule has 0 bridgehead atoms. The number of carboxylic acids is 2. The number of carboxylic acid groups (broad SMARTS) is 2. The molecule has 1 aromatic rings. The molecular formula is C17H22O6. The van der Waals surface area contributed by atoms with Gasteiger partial charge in [-0.25, -0.2) is 9.59 Å². The summed E-state index contributed by atoms with van der Waals surface area (Å²) >= 11 is 0. The van der Waals surface area contributed by atoms with Crippen molar-refractivity contribution in [2.45, 2.75) is 25.9 Å².